The molecule has 4 aromatic carbocycles. The van der Waals surface area contributed by atoms with Crippen molar-refractivity contribution < 1.29 is 19.1 Å². The Balaban J connectivity index is 1.27. The molecule has 0 unspecified atom stereocenters. The van der Waals surface area contributed by atoms with E-state index >= 15 is 0 Å². The first-order valence-electron chi connectivity index (χ1n) is 10.9. The summed E-state index contributed by atoms with van der Waals surface area (Å²) in [5.74, 6) is 0.0490. The Bertz CT molecular complexity index is 1370. The van der Waals surface area contributed by atoms with Crippen molar-refractivity contribution in [3.63, 3.8) is 0 Å². The molecule has 0 spiro atoms. The van der Waals surface area contributed by atoms with Crippen LogP contribution in [-0.4, -0.2) is 18.1 Å². The minimum Gasteiger partial charge on any atom is -0.489 e. The highest BCUT2D eigenvalue weighted by molar-refractivity contribution is 6.36. The first kappa shape index (κ1) is 25.0. The number of rotatable bonds is 8. The summed E-state index contributed by atoms with van der Waals surface area (Å²) in [4.78, 5) is 24.6. The molecule has 36 heavy (non-hydrogen) atoms. The number of amides is 1. The lowest BCUT2D eigenvalue weighted by Crippen LogP contribution is -2.17. The smallest absolute Gasteiger partial charge is 0.345 e. The topological polar surface area (TPSA) is 77.0 Å². The Labute approximate surface area is 218 Å². The largest absolute Gasteiger partial charge is 0.489 e. The Hall–Kier alpha value is -4.13. The predicted octanol–water partition coefficient (Wildman–Crippen LogP) is 6.56. The highest BCUT2D eigenvalue weighted by Gasteiger charge is 2.13. The minimum atomic E-state index is -0.596. The van der Waals surface area contributed by atoms with E-state index in [1.165, 1.54) is 18.3 Å². The first-order valence-corrected chi connectivity index (χ1v) is 11.6. The van der Waals surface area contributed by atoms with Crippen LogP contribution in [0, 0.1) is 0 Å². The van der Waals surface area contributed by atoms with Gasteiger partial charge in [-0.1, -0.05) is 53.5 Å². The van der Waals surface area contributed by atoms with Crippen molar-refractivity contribution in [2.75, 3.05) is 0 Å². The van der Waals surface area contributed by atoms with Gasteiger partial charge in [0.15, 0.2) is 0 Å². The Kier molecular flexibility index (Phi) is 8.34. The maximum atomic E-state index is 12.3. The molecule has 0 aliphatic rings. The molecule has 6 nitrogen and oxygen atoms in total. The molecule has 0 saturated heterocycles. The molecule has 0 aliphatic heterocycles. The first-order chi connectivity index (χ1) is 17.5. The van der Waals surface area contributed by atoms with Gasteiger partial charge in [-0.25, -0.2) is 10.2 Å². The standard InChI is InChI=1S/C28H20Cl2N2O4/c29-22-10-15-25(26(30)16-22)28(34)36-24-11-6-19(7-12-24)17-31-32-27(33)21-8-13-23(14-9-21)35-18-20-4-2-1-3-5-20/h1-17H,18H2,(H,32,33)/b31-17-. The number of benzene rings is 4. The van der Waals surface area contributed by atoms with Gasteiger partial charge in [0, 0.05) is 10.6 Å². The number of nitrogens with one attached hydrogen (secondary N) is 1. The van der Waals surface area contributed by atoms with E-state index in [1.807, 2.05) is 30.3 Å². The fraction of sp³-hybridized carbons (Fsp3) is 0.0357. The van der Waals surface area contributed by atoms with E-state index in [0.717, 1.165) is 5.56 Å². The number of hydrogen-bond acceptors (Lipinski definition) is 5. The third-order valence-electron chi connectivity index (χ3n) is 4.99. The molecule has 4 rings (SSSR count). The van der Waals surface area contributed by atoms with Crippen LogP contribution in [0.2, 0.25) is 10.0 Å². The summed E-state index contributed by atoms with van der Waals surface area (Å²) in [7, 11) is 0. The second-order valence-electron chi connectivity index (χ2n) is 7.58. The van der Waals surface area contributed by atoms with Crippen molar-refractivity contribution in [3.8, 4) is 11.5 Å². The van der Waals surface area contributed by atoms with E-state index in [4.69, 9.17) is 32.7 Å². The number of hydrazone groups is 1. The fourth-order valence-corrected chi connectivity index (χ4v) is 3.60. The van der Waals surface area contributed by atoms with Crippen LogP contribution in [0.5, 0.6) is 11.5 Å². The van der Waals surface area contributed by atoms with E-state index in [9.17, 15) is 9.59 Å². The molecule has 1 N–H and O–H groups in total. The summed E-state index contributed by atoms with van der Waals surface area (Å²) in [5.41, 5.74) is 4.90. The Morgan fingerprint density at radius 2 is 1.53 bits per heavy atom. The van der Waals surface area contributed by atoms with Gasteiger partial charge in [0.05, 0.1) is 16.8 Å². The normalized spacial score (nSPS) is 10.7. The zero-order valence-corrected chi connectivity index (χ0v) is 20.4. The average Bonchev–Trinajstić information content (AvgIpc) is 2.89. The van der Waals surface area contributed by atoms with Crippen molar-refractivity contribution >= 4 is 41.3 Å². The summed E-state index contributed by atoms with van der Waals surface area (Å²) < 4.78 is 11.1. The lowest BCUT2D eigenvalue weighted by molar-refractivity contribution is 0.0734. The maximum Gasteiger partial charge on any atom is 0.345 e. The molecule has 4 aromatic rings. The second kappa shape index (κ2) is 12.0. The summed E-state index contributed by atoms with van der Waals surface area (Å²) >= 11 is 11.9. The van der Waals surface area contributed by atoms with E-state index in [2.05, 4.69) is 10.5 Å². The maximum absolute atomic E-state index is 12.3. The number of hydrogen-bond donors (Lipinski definition) is 1. The van der Waals surface area contributed by atoms with Crippen molar-refractivity contribution in [1.82, 2.24) is 5.43 Å². The van der Waals surface area contributed by atoms with Crippen LogP contribution in [0.4, 0.5) is 0 Å². The van der Waals surface area contributed by atoms with Gasteiger partial charge >= 0.3 is 5.97 Å². The van der Waals surface area contributed by atoms with Crippen LogP contribution < -0.4 is 14.9 Å². The lowest BCUT2D eigenvalue weighted by atomic mass is 10.2. The molecule has 8 heteroatoms. The number of nitrogens with zero attached hydrogens (tertiary/aromatic N) is 1. The lowest BCUT2D eigenvalue weighted by Gasteiger charge is -2.07. The second-order valence-corrected chi connectivity index (χ2v) is 8.42. The minimum absolute atomic E-state index is 0.210. The molecule has 0 radical (unpaired) electrons. The van der Waals surface area contributed by atoms with Gasteiger partial charge < -0.3 is 9.47 Å². The van der Waals surface area contributed by atoms with Crippen LogP contribution >= 0.6 is 23.2 Å². The third-order valence-corrected chi connectivity index (χ3v) is 5.53. The number of carbonyl (C=O) groups excluding carboxylic acids is 2. The predicted molar refractivity (Wildman–Crippen MR) is 140 cm³/mol. The fourth-order valence-electron chi connectivity index (χ4n) is 3.11. The van der Waals surface area contributed by atoms with E-state index in [1.54, 1.807) is 54.6 Å². The molecule has 180 valence electrons. The molecule has 0 fully saturated rings. The molecule has 0 aromatic heterocycles. The van der Waals surface area contributed by atoms with E-state index in [0.29, 0.717) is 34.3 Å². The molecular formula is C28H20Cl2N2O4. The molecular weight excluding hydrogens is 499 g/mol. The van der Waals surface area contributed by atoms with Crippen molar-refractivity contribution in [2.45, 2.75) is 6.61 Å². The van der Waals surface area contributed by atoms with Gasteiger partial charge in [-0.05, 0) is 77.9 Å². The van der Waals surface area contributed by atoms with Gasteiger partial charge in [0.1, 0.15) is 18.1 Å². The highest BCUT2D eigenvalue weighted by atomic mass is 35.5. The SMILES string of the molecule is O=C(N/N=C\c1ccc(OC(=O)c2ccc(Cl)cc2Cl)cc1)c1ccc(OCc2ccccc2)cc1. The van der Waals surface area contributed by atoms with Crippen LogP contribution in [0.15, 0.2) is 102 Å². The van der Waals surface area contributed by atoms with Crippen LogP contribution in [0.1, 0.15) is 31.8 Å². The van der Waals surface area contributed by atoms with Crippen molar-refractivity contribution in [3.05, 3.63) is 129 Å². The summed E-state index contributed by atoms with van der Waals surface area (Å²) in [5, 5.41) is 4.62. The van der Waals surface area contributed by atoms with Gasteiger partial charge in [-0.15, -0.1) is 0 Å². The quantitative estimate of drug-likeness (QED) is 0.124. The number of halogens is 2. The van der Waals surface area contributed by atoms with Crippen molar-refractivity contribution in [2.24, 2.45) is 5.10 Å². The van der Waals surface area contributed by atoms with Gasteiger partial charge in [0.25, 0.3) is 5.91 Å². The average molecular weight is 519 g/mol. The molecule has 1 amide bonds. The summed E-state index contributed by atoms with van der Waals surface area (Å²) in [6.45, 7) is 0.448. The molecule has 0 aliphatic carbocycles. The zero-order chi connectivity index (χ0) is 25.3. The van der Waals surface area contributed by atoms with Crippen LogP contribution in [0.25, 0.3) is 0 Å². The van der Waals surface area contributed by atoms with Crippen LogP contribution in [-0.2, 0) is 6.61 Å². The summed E-state index contributed by atoms with van der Waals surface area (Å²) in [6.07, 6.45) is 1.48. The molecule has 0 heterocycles. The molecule has 0 saturated carbocycles. The highest BCUT2D eigenvalue weighted by Crippen LogP contribution is 2.23. The van der Waals surface area contributed by atoms with Gasteiger partial charge in [-0.3, -0.25) is 4.79 Å². The number of carbonyl (C=O) groups is 2. The third kappa shape index (κ3) is 6.95. The van der Waals surface area contributed by atoms with Crippen molar-refractivity contribution in [1.29, 1.82) is 0 Å². The Morgan fingerprint density at radius 3 is 2.22 bits per heavy atom. The van der Waals surface area contributed by atoms with Gasteiger partial charge in [0.2, 0.25) is 0 Å². The summed E-state index contributed by atoms with van der Waals surface area (Å²) in [6, 6.07) is 27.8. The number of ether oxygens (including phenoxy) is 2. The Morgan fingerprint density at radius 1 is 0.833 bits per heavy atom. The number of esters is 1. The molecule has 0 atom stereocenters. The monoisotopic (exact) mass is 518 g/mol. The van der Waals surface area contributed by atoms with E-state index in [-0.39, 0.29) is 16.5 Å². The zero-order valence-electron chi connectivity index (χ0n) is 18.9. The molecule has 0 bridgehead atoms. The van der Waals surface area contributed by atoms with E-state index < -0.39 is 5.97 Å². The van der Waals surface area contributed by atoms with Crippen LogP contribution in [0.3, 0.4) is 0 Å². The van der Waals surface area contributed by atoms with Gasteiger partial charge in [-0.2, -0.15) is 5.10 Å².